The van der Waals surface area contributed by atoms with E-state index in [9.17, 15) is 14.4 Å². The van der Waals surface area contributed by atoms with Crippen LogP contribution in [0.25, 0.3) is 11.0 Å². The molecule has 2 amide bonds. The Morgan fingerprint density at radius 3 is 2.39 bits per heavy atom. The summed E-state index contributed by atoms with van der Waals surface area (Å²) in [4.78, 5) is 44.2. The lowest BCUT2D eigenvalue weighted by Gasteiger charge is -2.32. The Labute approximate surface area is 180 Å². The van der Waals surface area contributed by atoms with Crippen LogP contribution in [0.1, 0.15) is 48.5 Å². The van der Waals surface area contributed by atoms with Gasteiger partial charge in [-0.3, -0.25) is 14.2 Å². The molecule has 0 bridgehead atoms. The molecule has 2 saturated heterocycles. The number of imidazole rings is 1. The summed E-state index contributed by atoms with van der Waals surface area (Å²) >= 11 is 0. The molecule has 0 unspecified atom stereocenters. The van der Waals surface area contributed by atoms with Gasteiger partial charge in [-0.05, 0) is 62.1 Å². The van der Waals surface area contributed by atoms with E-state index in [0.29, 0.717) is 25.1 Å². The lowest BCUT2D eigenvalue weighted by Crippen LogP contribution is -2.40. The second-order valence-corrected chi connectivity index (χ2v) is 8.39. The van der Waals surface area contributed by atoms with E-state index >= 15 is 0 Å². The summed E-state index contributed by atoms with van der Waals surface area (Å²) in [7, 11) is 0. The van der Waals surface area contributed by atoms with E-state index < -0.39 is 0 Å². The van der Waals surface area contributed by atoms with E-state index in [0.717, 1.165) is 48.9 Å². The first kappa shape index (κ1) is 19.6. The van der Waals surface area contributed by atoms with Crippen molar-refractivity contribution in [1.82, 2.24) is 14.5 Å². The van der Waals surface area contributed by atoms with Crippen molar-refractivity contribution in [2.45, 2.75) is 38.1 Å². The van der Waals surface area contributed by atoms with Crippen molar-refractivity contribution >= 4 is 28.5 Å². The van der Waals surface area contributed by atoms with Gasteiger partial charge in [-0.15, -0.1) is 0 Å². The molecule has 7 heteroatoms. The van der Waals surface area contributed by atoms with Crippen LogP contribution >= 0.6 is 0 Å². The summed E-state index contributed by atoms with van der Waals surface area (Å²) in [5, 5.41) is 0. The van der Waals surface area contributed by atoms with Gasteiger partial charge in [0.1, 0.15) is 0 Å². The Balaban J connectivity index is 1.26. The van der Waals surface area contributed by atoms with Crippen LogP contribution in [0.3, 0.4) is 0 Å². The van der Waals surface area contributed by atoms with Crippen molar-refractivity contribution in [3.8, 4) is 0 Å². The molecule has 31 heavy (non-hydrogen) atoms. The highest BCUT2D eigenvalue weighted by Crippen LogP contribution is 2.26. The Bertz CT molecular complexity index is 1170. The maximum atomic E-state index is 13.0. The smallest absolute Gasteiger partial charge is 0.326 e. The number of nitrogens with one attached hydrogen (secondary N) is 1. The highest BCUT2D eigenvalue weighted by Gasteiger charge is 2.27. The first-order valence-electron chi connectivity index (χ1n) is 11.0. The fourth-order valence-corrected chi connectivity index (χ4v) is 4.81. The number of carbonyl (C=O) groups excluding carboxylic acids is 2. The molecule has 0 atom stereocenters. The fraction of sp³-hybridized carbons (Fsp3) is 0.375. The number of nitrogens with zero attached hydrogens (tertiary/aromatic N) is 3. The van der Waals surface area contributed by atoms with Gasteiger partial charge < -0.3 is 14.8 Å². The van der Waals surface area contributed by atoms with E-state index in [1.54, 1.807) is 0 Å². The molecule has 2 aromatic carbocycles. The summed E-state index contributed by atoms with van der Waals surface area (Å²) in [6.45, 7) is 1.97. The number of fused-ring (bicyclic) bond motifs is 1. The topological polar surface area (TPSA) is 78.4 Å². The standard InChI is InChI=1S/C24H26N4O3/c29-22-7-3-4-14-27(22)18-10-8-17(9-11-18)23(30)26-15-12-19(13-16-26)28-21-6-2-1-5-20(21)25-24(28)31/h1-2,5-6,8-11,19H,3-4,7,12-16H2,(H,25,31). The number of hydrogen-bond donors (Lipinski definition) is 1. The third-order valence-corrected chi connectivity index (χ3v) is 6.49. The van der Waals surface area contributed by atoms with Gasteiger partial charge in [-0.1, -0.05) is 12.1 Å². The van der Waals surface area contributed by atoms with Gasteiger partial charge >= 0.3 is 5.69 Å². The maximum absolute atomic E-state index is 13.0. The van der Waals surface area contributed by atoms with Crippen LogP contribution in [0.5, 0.6) is 0 Å². The Hall–Kier alpha value is -3.35. The number of rotatable bonds is 3. The van der Waals surface area contributed by atoms with E-state index in [2.05, 4.69) is 4.98 Å². The lowest BCUT2D eigenvalue weighted by molar-refractivity contribution is -0.119. The Kier molecular flexibility index (Phi) is 5.10. The second kappa shape index (κ2) is 8.06. The highest BCUT2D eigenvalue weighted by atomic mass is 16.2. The van der Waals surface area contributed by atoms with Gasteiger partial charge in [-0.2, -0.15) is 0 Å². The number of hydrogen-bond acceptors (Lipinski definition) is 3. The number of aromatic amines is 1. The van der Waals surface area contributed by atoms with Crippen molar-refractivity contribution in [2.24, 2.45) is 0 Å². The molecule has 0 radical (unpaired) electrons. The Morgan fingerprint density at radius 1 is 0.903 bits per heavy atom. The van der Waals surface area contributed by atoms with Crippen LogP contribution in [0.4, 0.5) is 5.69 Å². The molecule has 0 spiro atoms. The second-order valence-electron chi connectivity index (χ2n) is 8.39. The van der Waals surface area contributed by atoms with Crippen LogP contribution in [0.15, 0.2) is 53.3 Å². The number of para-hydroxylation sites is 2. The third-order valence-electron chi connectivity index (χ3n) is 6.49. The van der Waals surface area contributed by atoms with Crippen LogP contribution in [-0.4, -0.2) is 45.9 Å². The van der Waals surface area contributed by atoms with E-state index in [1.165, 1.54) is 0 Å². The molecule has 3 aromatic rings. The van der Waals surface area contributed by atoms with Crippen molar-refractivity contribution < 1.29 is 9.59 Å². The van der Waals surface area contributed by atoms with Crippen molar-refractivity contribution in [3.63, 3.8) is 0 Å². The first-order valence-corrected chi connectivity index (χ1v) is 11.0. The third kappa shape index (κ3) is 3.65. The van der Waals surface area contributed by atoms with Crippen LogP contribution in [-0.2, 0) is 4.79 Å². The zero-order chi connectivity index (χ0) is 21.4. The van der Waals surface area contributed by atoms with E-state index in [4.69, 9.17) is 0 Å². The van der Waals surface area contributed by atoms with Crippen molar-refractivity contribution in [3.05, 3.63) is 64.6 Å². The van der Waals surface area contributed by atoms with Gasteiger partial charge in [0.15, 0.2) is 0 Å². The van der Waals surface area contributed by atoms with Gasteiger partial charge in [0, 0.05) is 43.3 Å². The quantitative estimate of drug-likeness (QED) is 0.709. The molecule has 1 aromatic heterocycles. The molecule has 2 fully saturated rings. The summed E-state index contributed by atoms with van der Waals surface area (Å²) < 4.78 is 1.83. The minimum absolute atomic E-state index is 0.00115. The monoisotopic (exact) mass is 418 g/mol. The molecule has 160 valence electrons. The van der Waals surface area contributed by atoms with Crippen LogP contribution in [0, 0.1) is 0 Å². The zero-order valence-corrected chi connectivity index (χ0v) is 17.4. The van der Waals surface area contributed by atoms with Crippen molar-refractivity contribution in [2.75, 3.05) is 24.5 Å². The summed E-state index contributed by atoms with van der Waals surface area (Å²) in [6, 6.07) is 15.2. The van der Waals surface area contributed by atoms with Gasteiger partial charge in [0.25, 0.3) is 5.91 Å². The first-order chi connectivity index (χ1) is 15.1. The fourth-order valence-electron chi connectivity index (χ4n) is 4.81. The normalized spacial score (nSPS) is 18.0. The average molecular weight is 418 g/mol. The molecule has 3 heterocycles. The number of aromatic nitrogens is 2. The van der Waals surface area contributed by atoms with Crippen LogP contribution in [0.2, 0.25) is 0 Å². The number of amides is 2. The van der Waals surface area contributed by atoms with E-state index in [-0.39, 0.29) is 23.5 Å². The summed E-state index contributed by atoms with van der Waals surface area (Å²) in [5.41, 5.74) is 3.17. The molecule has 2 aliphatic rings. The predicted molar refractivity (Wildman–Crippen MR) is 119 cm³/mol. The molecule has 5 rings (SSSR count). The van der Waals surface area contributed by atoms with Gasteiger partial charge in [0.05, 0.1) is 11.0 Å². The molecule has 0 saturated carbocycles. The lowest BCUT2D eigenvalue weighted by atomic mass is 10.0. The van der Waals surface area contributed by atoms with Crippen molar-refractivity contribution in [1.29, 1.82) is 0 Å². The number of anilines is 1. The summed E-state index contributed by atoms with van der Waals surface area (Å²) in [6.07, 6.45) is 4.05. The zero-order valence-electron chi connectivity index (χ0n) is 17.4. The molecule has 0 aliphatic carbocycles. The molecule has 2 aliphatic heterocycles. The minimum Gasteiger partial charge on any atom is -0.338 e. The maximum Gasteiger partial charge on any atom is 0.326 e. The minimum atomic E-state index is -0.0891. The Morgan fingerprint density at radius 2 is 1.65 bits per heavy atom. The summed E-state index contributed by atoms with van der Waals surface area (Å²) in [5.74, 6) is 0.154. The largest absolute Gasteiger partial charge is 0.338 e. The van der Waals surface area contributed by atoms with Crippen LogP contribution < -0.4 is 10.6 Å². The number of H-pyrrole nitrogens is 1. The molecular weight excluding hydrogens is 392 g/mol. The predicted octanol–water partition coefficient (Wildman–Crippen LogP) is 3.32. The van der Waals surface area contributed by atoms with Gasteiger partial charge in [0.2, 0.25) is 5.91 Å². The number of likely N-dealkylation sites (tertiary alicyclic amines) is 1. The van der Waals surface area contributed by atoms with E-state index in [1.807, 2.05) is 62.9 Å². The highest BCUT2D eigenvalue weighted by molar-refractivity contribution is 5.97. The number of piperidine rings is 2. The average Bonchev–Trinajstić information content (AvgIpc) is 3.15. The SMILES string of the molecule is O=C(c1ccc(N2CCCCC2=O)cc1)N1CCC(n2c(=O)[nH]c3ccccc32)CC1. The molecule has 1 N–H and O–H groups in total. The number of benzene rings is 2. The number of carbonyl (C=O) groups is 2. The molecule has 7 nitrogen and oxygen atoms in total. The molecular formula is C24H26N4O3. The van der Waals surface area contributed by atoms with Gasteiger partial charge in [-0.25, -0.2) is 4.79 Å².